The fraction of sp³-hybridized carbons (Fsp3) is 1.00. The van der Waals surface area contributed by atoms with E-state index in [2.05, 4.69) is 6.92 Å². The second kappa shape index (κ2) is 26.9. The summed E-state index contributed by atoms with van der Waals surface area (Å²) in [6.07, 6.45) is 1.30. The topological polar surface area (TPSA) is 95.8 Å². The Bertz CT molecular complexity index is 219. The van der Waals surface area contributed by atoms with Gasteiger partial charge in [-0.2, -0.15) is 0 Å². The highest BCUT2D eigenvalue weighted by Gasteiger charge is 1.93. The molecule has 0 aromatic heterocycles. The third-order valence-electron chi connectivity index (χ3n) is 2.61. The van der Waals surface area contributed by atoms with Gasteiger partial charge in [0, 0.05) is 6.61 Å². The van der Waals surface area contributed by atoms with Crippen molar-refractivity contribution >= 4 is 0 Å². The van der Waals surface area contributed by atoms with Crippen LogP contribution in [0.2, 0.25) is 0 Å². The summed E-state index contributed by atoms with van der Waals surface area (Å²) in [5.74, 6) is 0. The third-order valence-corrected chi connectivity index (χ3v) is 2.61. The van der Waals surface area contributed by atoms with Crippen molar-refractivity contribution in [2.24, 2.45) is 0 Å². The van der Waals surface area contributed by atoms with Gasteiger partial charge in [0.2, 0.25) is 0 Å². The number of hydrogen-bond acceptors (Lipinski definition) is 8. The van der Waals surface area contributed by atoms with E-state index in [1.807, 2.05) is 13.8 Å². The van der Waals surface area contributed by atoms with Crippen molar-refractivity contribution in [1.29, 1.82) is 0 Å². The van der Waals surface area contributed by atoms with E-state index in [1.165, 1.54) is 0 Å². The first kappa shape index (κ1) is 27.9. The second-order valence-electron chi connectivity index (χ2n) is 5.43. The molecule has 0 saturated heterocycles. The smallest absolute Gasteiger partial charge is 0.0703 e. The molecule has 0 aliphatic heterocycles. The second-order valence-corrected chi connectivity index (χ2v) is 5.43. The summed E-state index contributed by atoms with van der Waals surface area (Å²) in [4.78, 5) is 0. The van der Waals surface area contributed by atoms with Crippen molar-refractivity contribution in [3.05, 3.63) is 0 Å². The van der Waals surface area contributed by atoms with Gasteiger partial charge in [-0.15, -0.1) is 0 Å². The maximum absolute atomic E-state index is 8.38. The van der Waals surface area contributed by atoms with E-state index in [-0.39, 0.29) is 19.3 Å². The first-order valence-electron chi connectivity index (χ1n) is 9.41. The normalized spacial score (nSPS) is 10.8. The number of rotatable bonds is 19. The molecule has 0 rings (SSSR count). The summed E-state index contributed by atoms with van der Waals surface area (Å²) in [7, 11) is 0. The SMILES string of the molecule is CC(C)OCCOCCOCCO.CCCOCCOCCOCCO. The van der Waals surface area contributed by atoms with Crippen LogP contribution < -0.4 is 0 Å². The molecule has 8 nitrogen and oxygen atoms in total. The van der Waals surface area contributed by atoms with Crippen LogP contribution in [0.1, 0.15) is 27.2 Å². The molecule has 0 spiro atoms. The molecule has 0 atom stereocenters. The molecule has 2 N–H and O–H groups in total. The highest BCUT2D eigenvalue weighted by molar-refractivity contribution is 4.37. The predicted molar refractivity (Wildman–Crippen MR) is 99.6 cm³/mol. The van der Waals surface area contributed by atoms with Crippen LogP contribution in [-0.2, 0) is 28.4 Å². The van der Waals surface area contributed by atoms with Gasteiger partial charge in [-0.05, 0) is 20.3 Å². The Labute approximate surface area is 158 Å². The Hall–Kier alpha value is -0.320. The molecule has 0 amide bonds. The lowest BCUT2D eigenvalue weighted by molar-refractivity contribution is -0.00570. The minimum absolute atomic E-state index is 0.0659. The lowest BCUT2D eigenvalue weighted by Crippen LogP contribution is -2.12. The highest BCUT2D eigenvalue weighted by Crippen LogP contribution is 1.87. The van der Waals surface area contributed by atoms with E-state index in [9.17, 15) is 0 Å². The zero-order valence-electron chi connectivity index (χ0n) is 16.8. The zero-order chi connectivity index (χ0) is 19.7. The van der Waals surface area contributed by atoms with E-state index < -0.39 is 0 Å². The van der Waals surface area contributed by atoms with Crippen molar-refractivity contribution < 1.29 is 38.6 Å². The molecule has 0 aliphatic carbocycles. The largest absolute Gasteiger partial charge is 0.394 e. The Morgan fingerprint density at radius 3 is 1.23 bits per heavy atom. The molecule has 8 heteroatoms. The van der Waals surface area contributed by atoms with Gasteiger partial charge in [-0.25, -0.2) is 0 Å². The summed E-state index contributed by atoms with van der Waals surface area (Å²) in [6, 6.07) is 0. The summed E-state index contributed by atoms with van der Waals surface area (Å²) in [6.45, 7) is 12.4. The molecule has 0 aromatic rings. The van der Waals surface area contributed by atoms with Crippen LogP contribution in [0.25, 0.3) is 0 Å². The van der Waals surface area contributed by atoms with Crippen molar-refractivity contribution in [2.75, 3.05) is 85.9 Å². The van der Waals surface area contributed by atoms with E-state index >= 15 is 0 Å². The van der Waals surface area contributed by atoms with E-state index in [4.69, 9.17) is 38.6 Å². The third kappa shape index (κ3) is 31.4. The van der Waals surface area contributed by atoms with Gasteiger partial charge in [-0.3, -0.25) is 0 Å². The van der Waals surface area contributed by atoms with Crippen LogP contribution in [0.4, 0.5) is 0 Å². The Morgan fingerprint density at radius 1 is 0.538 bits per heavy atom. The minimum atomic E-state index is 0.0659. The fourth-order valence-corrected chi connectivity index (χ4v) is 1.48. The molecule has 0 fully saturated rings. The molecule has 0 radical (unpaired) electrons. The summed E-state index contributed by atoms with van der Waals surface area (Å²) in [5.41, 5.74) is 0. The first-order valence-corrected chi connectivity index (χ1v) is 9.41. The standard InChI is InChI=1S/2C9H20O4/c1-9(2)13-8-7-12-6-5-11-4-3-10;1-2-4-11-6-8-13-9-7-12-5-3-10/h9-10H,3-8H2,1-2H3;10H,2-9H2,1H3. The highest BCUT2D eigenvalue weighted by atomic mass is 16.6. The van der Waals surface area contributed by atoms with Crippen LogP contribution in [-0.4, -0.2) is 102 Å². The lowest BCUT2D eigenvalue weighted by atomic mass is 10.5. The fourth-order valence-electron chi connectivity index (χ4n) is 1.48. The maximum atomic E-state index is 8.38. The van der Waals surface area contributed by atoms with Crippen LogP contribution in [0, 0.1) is 0 Å². The molecule has 0 saturated carbocycles. The lowest BCUT2D eigenvalue weighted by Gasteiger charge is -2.07. The number of aliphatic hydroxyl groups is 2. The van der Waals surface area contributed by atoms with Crippen LogP contribution in [0.15, 0.2) is 0 Å². The van der Waals surface area contributed by atoms with Gasteiger partial charge < -0.3 is 38.6 Å². The van der Waals surface area contributed by atoms with Crippen LogP contribution in [0.5, 0.6) is 0 Å². The van der Waals surface area contributed by atoms with Crippen LogP contribution >= 0.6 is 0 Å². The molecule has 160 valence electrons. The number of hydrogen-bond donors (Lipinski definition) is 2. The predicted octanol–water partition coefficient (Wildman–Crippen LogP) is 0.875. The van der Waals surface area contributed by atoms with E-state index in [1.54, 1.807) is 0 Å². The van der Waals surface area contributed by atoms with Gasteiger partial charge in [0.05, 0.1) is 85.4 Å². The summed E-state index contributed by atoms with van der Waals surface area (Å²) < 4.78 is 30.9. The minimum Gasteiger partial charge on any atom is -0.394 e. The number of ether oxygens (including phenoxy) is 6. The van der Waals surface area contributed by atoms with Gasteiger partial charge in [0.15, 0.2) is 0 Å². The van der Waals surface area contributed by atoms with Crippen LogP contribution in [0.3, 0.4) is 0 Å². The quantitative estimate of drug-likeness (QED) is 0.317. The van der Waals surface area contributed by atoms with Crippen molar-refractivity contribution in [1.82, 2.24) is 0 Å². The maximum Gasteiger partial charge on any atom is 0.0703 e. The molecule has 26 heavy (non-hydrogen) atoms. The number of aliphatic hydroxyl groups excluding tert-OH is 2. The molecule has 0 unspecified atom stereocenters. The Morgan fingerprint density at radius 2 is 0.885 bits per heavy atom. The van der Waals surface area contributed by atoms with Crippen molar-refractivity contribution in [3.8, 4) is 0 Å². The van der Waals surface area contributed by atoms with E-state index in [0.29, 0.717) is 66.1 Å². The summed E-state index contributed by atoms with van der Waals surface area (Å²) in [5, 5.41) is 16.8. The summed E-state index contributed by atoms with van der Waals surface area (Å²) >= 11 is 0. The zero-order valence-corrected chi connectivity index (χ0v) is 16.8. The van der Waals surface area contributed by atoms with Crippen molar-refractivity contribution in [3.63, 3.8) is 0 Å². The molecule has 0 aromatic carbocycles. The average molecular weight is 385 g/mol. The van der Waals surface area contributed by atoms with Gasteiger partial charge >= 0.3 is 0 Å². The first-order chi connectivity index (χ1) is 12.7. The molecule has 0 heterocycles. The average Bonchev–Trinajstić information content (AvgIpc) is 2.63. The van der Waals surface area contributed by atoms with E-state index in [0.717, 1.165) is 13.0 Å². The Balaban J connectivity index is 0. The molecule has 0 bridgehead atoms. The Kier molecular flexibility index (Phi) is 28.9. The van der Waals surface area contributed by atoms with Gasteiger partial charge in [0.1, 0.15) is 0 Å². The molecular formula is C18H40O8. The molecular weight excluding hydrogens is 344 g/mol. The monoisotopic (exact) mass is 384 g/mol. The van der Waals surface area contributed by atoms with Gasteiger partial charge in [-0.1, -0.05) is 6.92 Å². The van der Waals surface area contributed by atoms with Gasteiger partial charge in [0.25, 0.3) is 0 Å². The van der Waals surface area contributed by atoms with Crippen molar-refractivity contribution in [2.45, 2.75) is 33.3 Å². The molecule has 0 aliphatic rings.